The molecule has 0 saturated carbocycles. The van der Waals surface area contributed by atoms with Crippen LogP contribution in [0.25, 0.3) is 0 Å². The zero-order chi connectivity index (χ0) is 29.8. The lowest BCUT2D eigenvalue weighted by Crippen LogP contribution is -2.61. The summed E-state index contributed by atoms with van der Waals surface area (Å²) in [5, 5.41) is 3.65. The molecule has 5 heterocycles. The number of anilines is 2. The lowest BCUT2D eigenvalue weighted by Gasteiger charge is -2.47. The number of benzene rings is 1. The number of nitrogens with one attached hydrogen (secondary N) is 1. The van der Waals surface area contributed by atoms with Gasteiger partial charge in [0.25, 0.3) is 0 Å². The maximum Gasteiger partial charge on any atom is 0.246 e. The molecule has 0 spiro atoms. The lowest BCUT2D eigenvalue weighted by atomic mass is 9.87. The Kier molecular flexibility index (Phi) is 9.32. The van der Waals surface area contributed by atoms with Crippen LogP contribution in [0.15, 0.2) is 42.6 Å². The molecule has 1 unspecified atom stereocenters. The predicted octanol–water partition coefficient (Wildman–Crippen LogP) is 5.07. The number of likely N-dealkylation sites (tertiary alicyclic amines) is 2. The number of likely N-dealkylation sites (N-methyl/N-ethyl adjacent to an activating group) is 1. The van der Waals surface area contributed by atoms with E-state index < -0.39 is 0 Å². The molecule has 1 aromatic heterocycles. The van der Waals surface area contributed by atoms with Crippen LogP contribution in [0.4, 0.5) is 11.5 Å². The van der Waals surface area contributed by atoms with Crippen molar-refractivity contribution in [1.82, 2.24) is 19.7 Å². The first-order valence-corrected chi connectivity index (χ1v) is 16.0. The van der Waals surface area contributed by atoms with Crippen LogP contribution in [0.1, 0.15) is 73.7 Å². The smallest absolute Gasteiger partial charge is 0.246 e. The van der Waals surface area contributed by atoms with E-state index in [9.17, 15) is 4.79 Å². The number of carbonyl (C=O) groups is 1. The molecular weight excluding hydrogens is 538 g/mol. The maximum absolute atomic E-state index is 12.6. The highest BCUT2D eigenvalue weighted by Crippen LogP contribution is 2.44. The Balaban J connectivity index is 1.03. The molecule has 6 rings (SSSR count). The van der Waals surface area contributed by atoms with Crippen LogP contribution in [0.2, 0.25) is 0 Å². The fourth-order valence-corrected chi connectivity index (χ4v) is 7.01. The molecule has 8 nitrogen and oxygen atoms in total. The third-order valence-electron chi connectivity index (χ3n) is 9.66. The summed E-state index contributed by atoms with van der Waals surface area (Å²) in [6.07, 6.45) is 15.9. The Labute approximate surface area is 256 Å². The molecule has 1 aromatic carbocycles. The van der Waals surface area contributed by atoms with Gasteiger partial charge in [-0.3, -0.25) is 9.69 Å². The van der Waals surface area contributed by atoms with E-state index in [1.807, 2.05) is 24.2 Å². The summed E-state index contributed by atoms with van der Waals surface area (Å²) in [6.45, 7) is 9.10. The highest BCUT2D eigenvalue weighted by atomic mass is 16.5. The molecule has 43 heavy (non-hydrogen) atoms. The summed E-state index contributed by atoms with van der Waals surface area (Å²) in [7, 11) is 2.02. The van der Waals surface area contributed by atoms with Gasteiger partial charge in [-0.2, -0.15) is 0 Å². The quantitative estimate of drug-likeness (QED) is 0.344. The van der Waals surface area contributed by atoms with Crippen molar-refractivity contribution in [2.75, 3.05) is 64.8 Å². The lowest BCUT2D eigenvalue weighted by molar-refractivity contribution is -0.133. The Morgan fingerprint density at radius 1 is 1.16 bits per heavy atom. The molecule has 0 aliphatic carbocycles. The molecule has 4 aliphatic rings. The van der Waals surface area contributed by atoms with Gasteiger partial charge in [-0.25, -0.2) is 4.98 Å². The molecule has 1 N–H and O–H groups in total. The van der Waals surface area contributed by atoms with Gasteiger partial charge in [-0.15, -0.1) is 12.3 Å². The standard InChI is InChI=1S/C35H45N5O3/c1-4-5-16-38(3)17-6-7-33(41)40-23-29(24-40)39-18-11-26(12-19-39)28-8-9-32-31(22-28)37-35-34(25(2)43-32)30(10-15-36-35)27-13-20-42-21-14-27/h1,6-10,15,22,25-27,29H,5,11-14,16-21,23-24H2,2-3H3,(H,36,37)/b7-6+. The Hall–Kier alpha value is -3.38. The number of pyridine rings is 1. The van der Waals surface area contributed by atoms with Gasteiger partial charge >= 0.3 is 0 Å². The van der Waals surface area contributed by atoms with E-state index in [0.29, 0.717) is 17.9 Å². The normalized spacial score (nSPS) is 21.8. The van der Waals surface area contributed by atoms with E-state index in [1.165, 1.54) is 16.7 Å². The molecule has 0 bridgehead atoms. The van der Waals surface area contributed by atoms with Crippen molar-refractivity contribution in [3.8, 4) is 18.1 Å². The number of piperidine rings is 1. The summed E-state index contributed by atoms with van der Waals surface area (Å²) in [4.78, 5) is 24.0. The first kappa shape index (κ1) is 29.7. The third-order valence-corrected chi connectivity index (χ3v) is 9.66. The van der Waals surface area contributed by atoms with Crippen molar-refractivity contribution in [2.45, 2.75) is 63.0 Å². The summed E-state index contributed by atoms with van der Waals surface area (Å²) in [6, 6.07) is 9.29. The topological polar surface area (TPSA) is 70.2 Å². The zero-order valence-corrected chi connectivity index (χ0v) is 25.6. The van der Waals surface area contributed by atoms with Crippen LogP contribution < -0.4 is 10.1 Å². The minimum absolute atomic E-state index is 0.0750. The monoisotopic (exact) mass is 583 g/mol. The number of hydrogen-bond donors (Lipinski definition) is 1. The molecule has 8 heteroatoms. The number of amides is 1. The number of rotatable bonds is 8. The molecule has 228 valence electrons. The molecule has 1 atom stereocenters. The van der Waals surface area contributed by atoms with Crippen molar-refractivity contribution in [2.24, 2.45) is 0 Å². The van der Waals surface area contributed by atoms with Crippen LogP contribution in [0.5, 0.6) is 5.75 Å². The van der Waals surface area contributed by atoms with Gasteiger partial charge in [0.1, 0.15) is 17.7 Å². The molecule has 3 fully saturated rings. The number of nitrogens with zero attached hydrogens (tertiary/aromatic N) is 4. The van der Waals surface area contributed by atoms with Gasteiger partial charge < -0.3 is 24.6 Å². The summed E-state index contributed by atoms with van der Waals surface area (Å²) in [5.74, 6) is 5.56. The zero-order valence-electron chi connectivity index (χ0n) is 25.6. The SMILES string of the molecule is C#CCCN(C)C/C=C/C(=O)N1CC(N2CCC(c3ccc4c(c3)Nc3nccc(C5CCOCC5)c3C(C)O4)CC2)C1. The van der Waals surface area contributed by atoms with Gasteiger partial charge in [-0.1, -0.05) is 12.1 Å². The van der Waals surface area contributed by atoms with Crippen molar-refractivity contribution in [1.29, 1.82) is 0 Å². The molecule has 0 radical (unpaired) electrons. The molecule has 2 aromatic rings. The molecule has 3 saturated heterocycles. The number of ether oxygens (including phenoxy) is 2. The number of carbonyl (C=O) groups excluding carboxylic acids is 1. The van der Waals surface area contributed by atoms with Gasteiger partial charge in [0.15, 0.2) is 0 Å². The Morgan fingerprint density at radius 2 is 1.95 bits per heavy atom. The van der Waals surface area contributed by atoms with E-state index in [0.717, 1.165) is 102 Å². The highest BCUT2D eigenvalue weighted by molar-refractivity contribution is 5.88. The highest BCUT2D eigenvalue weighted by Gasteiger charge is 2.36. The summed E-state index contributed by atoms with van der Waals surface area (Å²) < 4.78 is 12.1. The number of hydrogen-bond acceptors (Lipinski definition) is 7. The van der Waals surface area contributed by atoms with Crippen LogP contribution in [-0.4, -0.2) is 91.2 Å². The number of aromatic nitrogens is 1. The summed E-state index contributed by atoms with van der Waals surface area (Å²) >= 11 is 0. The minimum atomic E-state index is -0.0750. The second-order valence-electron chi connectivity index (χ2n) is 12.5. The van der Waals surface area contributed by atoms with Crippen molar-refractivity contribution < 1.29 is 14.3 Å². The van der Waals surface area contributed by atoms with Crippen molar-refractivity contribution >= 4 is 17.4 Å². The first-order chi connectivity index (χ1) is 21.0. The molecular formula is C35H45N5O3. The number of fused-ring (bicyclic) bond motifs is 2. The summed E-state index contributed by atoms with van der Waals surface area (Å²) in [5.41, 5.74) is 4.88. The van der Waals surface area contributed by atoms with E-state index in [1.54, 1.807) is 6.08 Å². The average molecular weight is 584 g/mol. The van der Waals surface area contributed by atoms with Gasteiger partial charge in [0.05, 0.1) is 5.69 Å². The maximum atomic E-state index is 12.6. The first-order valence-electron chi connectivity index (χ1n) is 16.0. The van der Waals surface area contributed by atoms with Crippen molar-refractivity contribution in [3.63, 3.8) is 0 Å². The van der Waals surface area contributed by atoms with Crippen LogP contribution in [0, 0.1) is 12.3 Å². The van der Waals surface area contributed by atoms with Crippen LogP contribution >= 0.6 is 0 Å². The van der Waals surface area contributed by atoms with E-state index in [4.69, 9.17) is 20.9 Å². The fraction of sp³-hybridized carbons (Fsp3) is 0.543. The predicted molar refractivity (Wildman–Crippen MR) is 170 cm³/mol. The largest absolute Gasteiger partial charge is 0.484 e. The second-order valence-corrected chi connectivity index (χ2v) is 12.5. The second kappa shape index (κ2) is 13.5. The van der Waals surface area contributed by atoms with Crippen LogP contribution in [-0.2, 0) is 9.53 Å². The average Bonchev–Trinajstić information content (AvgIpc) is 3.15. The van der Waals surface area contributed by atoms with Crippen LogP contribution in [0.3, 0.4) is 0 Å². The van der Waals surface area contributed by atoms with Gasteiger partial charge in [0, 0.05) is 69.7 Å². The van der Waals surface area contributed by atoms with E-state index in [-0.39, 0.29) is 12.0 Å². The molecule has 1 amide bonds. The van der Waals surface area contributed by atoms with Gasteiger partial charge in [0.2, 0.25) is 5.91 Å². The fourth-order valence-electron chi connectivity index (χ4n) is 7.01. The van der Waals surface area contributed by atoms with E-state index >= 15 is 0 Å². The Bertz CT molecular complexity index is 1350. The van der Waals surface area contributed by atoms with E-state index in [2.05, 4.69) is 52.2 Å². The van der Waals surface area contributed by atoms with Gasteiger partial charge in [-0.05, 0) is 93.9 Å². The minimum Gasteiger partial charge on any atom is -0.484 e. The van der Waals surface area contributed by atoms with Crippen molar-refractivity contribution in [3.05, 3.63) is 59.3 Å². The Morgan fingerprint density at radius 3 is 2.72 bits per heavy atom. The molecule has 4 aliphatic heterocycles. The number of terminal acetylenes is 1. The third kappa shape index (κ3) is 6.75.